The molecule has 3 rings (SSSR count). The minimum Gasteiger partial charge on any atom is -0.393 e. The van der Waals surface area contributed by atoms with E-state index in [-0.39, 0.29) is 11.5 Å². The first-order valence-corrected chi connectivity index (χ1v) is 8.83. The van der Waals surface area contributed by atoms with Crippen LogP contribution in [0.4, 0.5) is 0 Å². The zero-order valence-corrected chi connectivity index (χ0v) is 14.1. The van der Waals surface area contributed by atoms with Crippen LogP contribution in [0.1, 0.15) is 57.9 Å². The van der Waals surface area contributed by atoms with Crippen molar-refractivity contribution in [3.8, 4) is 0 Å². The molecule has 0 bridgehead atoms. The molecule has 2 aliphatic carbocycles. The van der Waals surface area contributed by atoms with Gasteiger partial charge in [-0.15, -0.1) is 0 Å². The molecule has 2 heteroatoms. The van der Waals surface area contributed by atoms with E-state index in [2.05, 4.69) is 38.1 Å². The summed E-state index contributed by atoms with van der Waals surface area (Å²) in [6, 6.07) is 10.4. The molecule has 0 aromatic heterocycles. The SMILES string of the molecule is C[C@@]12CCC[C@@H](O)[C@H]1[C@](C)(COCc1ccccc1)CCC2. The van der Waals surface area contributed by atoms with Gasteiger partial charge in [-0.1, -0.05) is 57.0 Å². The van der Waals surface area contributed by atoms with E-state index in [9.17, 15) is 5.11 Å². The number of aliphatic hydroxyl groups excluding tert-OH is 1. The molecule has 0 aliphatic heterocycles. The van der Waals surface area contributed by atoms with Crippen LogP contribution in [0.15, 0.2) is 30.3 Å². The summed E-state index contributed by atoms with van der Waals surface area (Å²) in [7, 11) is 0. The van der Waals surface area contributed by atoms with Crippen molar-refractivity contribution in [1.29, 1.82) is 0 Å². The molecule has 2 saturated carbocycles. The highest BCUT2D eigenvalue weighted by Gasteiger charge is 2.53. The Bertz CT molecular complexity index is 482. The summed E-state index contributed by atoms with van der Waals surface area (Å²) in [5.41, 5.74) is 1.65. The predicted molar refractivity (Wildman–Crippen MR) is 89.5 cm³/mol. The Hall–Kier alpha value is -0.860. The molecular weight excluding hydrogens is 272 g/mol. The predicted octanol–water partition coefficient (Wildman–Crippen LogP) is 4.56. The third kappa shape index (κ3) is 3.09. The molecule has 122 valence electrons. The maximum absolute atomic E-state index is 10.7. The summed E-state index contributed by atoms with van der Waals surface area (Å²) in [4.78, 5) is 0. The zero-order chi connectivity index (χ0) is 15.6. The summed E-state index contributed by atoms with van der Waals surface area (Å²) >= 11 is 0. The van der Waals surface area contributed by atoms with Crippen LogP contribution in [0, 0.1) is 16.7 Å². The molecule has 22 heavy (non-hydrogen) atoms. The summed E-state index contributed by atoms with van der Waals surface area (Å²) < 4.78 is 6.09. The second-order valence-electron chi connectivity index (χ2n) is 8.08. The van der Waals surface area contributed by atoms with E-state index in [0.717, 1.165) is 13.0 Å². The summed E-state index contributed by atoms with van der Waals surface area (Å²) in [5.74, 6) is 0.387. The van der Waals surface area contributed by atoms with E-state index in [4.69, 9.17) is 4.74 Å². The van der Waals surface area contributed by atoms with Gasteiger partial charge in [-0.3, -0.25) is 0 Å². The topological polar surface area (TPSA) is 29.5 Å². The van der Waals surface area contributed by atoms with Gasteiger partial charge in [0.15, 0.2) is 0 Å². The Labute approximate surface area is 134 Å². The molecule has 1 aromatic carbocycles. The lowest BCUT2D eigenvalue weighted by atomic mass is 9.50. The van der Waals surface area contributed by atoms with Gasteiger partial charge < -0.3 is 9.84 Å². The quantitative estimate of drug-likeness (QED) is 0.883. The van der Waals surface area contributed by atoms with Crippen molar-refractivity contribution >= 4 is 0 Å². The van der Waals surface area contributed by atoms with Crippen LogP contribution >= 0.6 is 0 Å². The molecule has 2 nitrogen and oxygen atoms in total. The fraction of sp³-hybridized carbons (Fsp3) is 0.700. The molecule has 0 spiro atoms. The highest BCUT2D eigenvalue weighted by Crippen LogP contribution is 2.57. The normalized spacial score (nSPS) is 38.5. The highest BCUT2D eigenvalue weighted by atomic mass is 16.5. The van der Waals surface area contributed by atoms with Crippen molar-refractivity contribution in [2.75, 3.05) is 6.61 Å². The number of benzene rings is 1. The second kappa shape index (κ2) is 6.33. The fourth-order valence-electron chi connectivity index (χ4n) is 5.28. The molecule has 0 unspecified atom stereocenters. The molecule has 2 aliphatic rings. The Kier molecular flexibility index (Phi) is 4.61. The molecule has 0 amide bonds. The largest absolute Gasteiger partial charge is 0.393 e. The van der Waals surface area contributed by atoms with Crippen LogP contribution in [0.25, 0.3) is 0 Å². The van der Waals surface area contributed by atoms with Crippen LogP contribution in [0.5, 0.6) is 0 Å². The monoisotopic (exact) mass is 302 g/mol. The Balaban J connectivity index is 1.67. The van der Waals surface area contributed by atoms with E-state index >= 15 is 0 Å². The third-order valence-electron chi connectivity index (χ3n) is 6.17. The van der Waals surface area contributed by atoms with Gasteiger partial charge in [-0.2, -0.15) is 0 Å². The maximum Gasteiger partial charge on any atom is 0.0717 e. The molecule has 2 fully saturated rings. The lowest BCUT2D eigenvalue weighted by Gasteiger charge is -2.56. The summed E-state index contributed by atoms with van der Waals surface area (Å²) in [5, 5.41) is 10.7. The maximum atomic E-state index is 10.7. The van der Waals surface area contributed by atoms with Gasteiger partial charge in [0.1, 0.15) is 0 Å². The van der Waals surface area contributed by atoms with Crippen molar-refractivity contribution in [3.63, 3.8) is 0 Å². The van der Waals surface area contributed by atoms with Crippen LogP contribution in [-0.2, 0) is 11.3 Å². The standard InChI is InChI=1S/C20H30O2/c1-19-11-6-10-17(21)18(19)20(2,13-7-12-19)15-22-14-16-8-4-3-5-9-16/h3-5,8-9,17-18,21H,6-7,10-15H2,1-2H3/t17-,18-,19+,20+/m1/s1. The molecule has 1 aromatic rings. The average molecular weight is 302 g/mol. The highest BCUT2D eigenvalue weighted by molar-refractivity contribution is 5.13. The molecular formula is C20H30O2. The minimum absolute atomic E-state index is 0.113. The molecule has 0 radical (unpaired) electrons. The zero-order valence-electron chi connectivity index (χ0n) is 14.1. The number of rotatable bonds is 4. The van der Waals surface area contributed by atoms with E-state index in [1.807, 2.05) is 6.07 Å². The van der Waals surface area contributed by atoms with Gasteiger partial charge in [0, 0.05) is 0 Å². The van der Waals surface area contributed by atoms with E-state index in [1.165, 1.54) is 37.7 Å². The van der Waals surface area contributed by atoms with Crippen LogP contribution in [0.2, 0.25) is 0 Å². The fourth-order valence-corrected chi connectivity index (χ4v) is 5.28. The van der Waals surface area contributed by atoms with E-state index in [0.29, 0.717) is 17.9 Å². The molecule has 0 heterocycles. The van der Waals surface area contributed by atoms with Gasteiger partial charge in [-0.05, 0) is 48.0 Å². The lowest BCUT2D eigenvalue weighted by molar-refractivity contribution is -0.142. The first-order valence-electron chi connectivity index (χ1n) is 8.83. The Morgan fingerprint density at radius 1 is 1.09 bits per heavy atom. The van der Waals surface area contributed by atoms with Gasteiger partial charge in [0.25, 0.3) is 0 Å². The Morgan fingerprint density at radius 2 is 1.82 bits per heavy atom. The van der Waals surface area contributed by atoms with Crippen molar-refractivity contribution in [2.45, 2.75) is 65.1 Å². The van der Waals surface area contributed by atoms with Crippen molar-refractivity contribution < 1.29 is 9.84 Å². The van der Waals surface area contributed by atoms with Crippen LogP contribution < -0.4 is 0 Å². The molecule has 0 saturated heterocycles. The first kappa shape index (κ1) is 16.0. The van der Waals surface area contributed by atoms with Crippen molar-refractivity contribution in [2.24, 2.45) is 16.7 Å². The third-order valence-corrected chi connectivity index (χ3v) is 6.17. The Morgan fingerprint density at radius 3 is 2.59 bits per heavy atom. The molecule has 4 atom stereocenters. The number of hydrogen-bond acceptors (Lipinski definition) is 2. The number of fused-ring (bicyclic) bond motifs is 1. The van der Waals surface area contributed by atoms with Gasteiger partial charge >= 0.3 is 0 Å². The van der Waals surface area contributed by atoms with Gasteiger partial charge in [0.05, 0.1) is 19.3 Å². The number of hydrogen-bond donors (Lipinski definition) is 1. The van der Waals surface area contributed by atoms with Gasteiger partial charge in [-0.25, -0.2) is 0 Å². The van der Waals surface area contributed by atoms with Gasteiger partial charge in [0.2, 0.25) is 0 Å². The first-order chi connectivity index (χ1) is 10.5. The number of aliphatic hydroxyl groups is 1. The van der Waals surface area contributed by atoms with Crippen molar-refractivity contribution in [3.05, 3.63) is 35.9 Å². The number of ether oxygens (including phenoxy) is 1. The van der Waals surface area contributed by atoms with Crippen LogP contribution in [0.3, 0.4) is 0 Å². The van der Waals surface area contributed by atoms with E-state index < -0.39 is 0 Å². The lowest BCUT2D eigenvalue weighted by Crippen LogP contribution is -2.53. The smallest absolute Gasteiger partial charge is 0.0717 e. The molecule has 1 N–H and O–H groups in total. The van der Waals surface area contributed by atoms with Crippen LogP contribution in [-0.4, -0.2) is 17.8 Å². The summed E-state index contributed by atoms with van der Waals surface area (Å²) in [6.45, 7) is 6.18. The van der Waals surface area contributed by atoms with E-state index in [1.54, 1.807) is 0 Å². The second-order valence-corrected chi connectivity index (χ2v) is 8.08. The van der Waals surface area contributed by atoms with Crippen molar-refractivity contribution in [1.82, 2.24) is 0 Å². The average Bonchev–Trinajstić information content (AvgIpc) is 2.47. The minimum atomic E-state index is -0.149. The summed E-state index contributed by atoms with van der Waals surface area (Å²) in [6.07, 6.45) is 6.98.